The number of aromatic nitrogens is 1. The largest absolute Gasteiger partial charge is 0.311 e. The van der Waals surface area contributed by atoms with Crippen LogP contribution in [0.15, 0.2) is 18.3 Å². The van der Waals surface area contributed by atoms with Gasteiger partial charge < -0.3 is 10.2 Å². The molecule has 1 aromatic heterocycles. The van der Waals surface area contributed by atoms with Crippen molar-refractivity contribution in [3.8, 4) is 0 Å². The number of aryl methyl sites for hydroxylation is 1. The van der Waals surface area contributed by atoms with Gasteiger partial charge in [0.05, 0.1) is 0 Å². The second-order valence-electron chi connectivity index (χ2n) is 3.88. The zero-order valence-corrected chi connectivity index (χ0v) is 9.95. The van der Waals surface area contributed by atoms with E-state index in [1.165, 1.54) is 5.56 Å². The molecule has 0 unspecified atom stereocenters. The highest BCUT2D eigenvalue weighted by atomic mass is 15.1. The highest BCUT2D eigenvalue weighted by Crippen LogP contribution is 1.98. The van der Waals surface area contributed by atoms with E-state index >= 15 is 0 Å². The van der Waals surface area contributed by atoms with Gasteiger partial charge in [-0.05, 0) is 32.1 Å². The summed E-state index contributed by atoms with van der Waals surface area (Å²) in [5, 5.41) is 3.40. The lowest BCUT2D eigenvalue weighted by molar-refractivity contribution is 0.349. The molecule has 0 aliphatic heterocycles. The van der Waals surface area contributed by atoms with Crippen molar-refractivity contribution in [2.24, 2.45) is 0 Å². The molecule has 1 rings (SSSR count). The number of nitrogens with one attached hydrogen (secondary N) is 1. The van der Waals surface area contributed by atoms with Crippen molar-refractivity contribution >= 4 is 0 Å². The van der Waals surface area contributed by atoms with E-state index in [1.807, 2.05) is 13.1 Å². The summed E-state index contributed by atoms with van der Waals surface area (Å²) < 4.78 is 0. The minimum Gasteiger partial charge on any atom is -0.311 e. The first-order valence-corrected chi connectivity index (χ1v) is 5.53. The summed E-state index contributed by atoms with van der Waals surface area (Å²) >= 11 is 0. The summed E-state index contributed by atoms with van der Waals surface area (Å²) in [6.45, 7) is 8.31. The standard InChI is InChI=1S/C12H21N3/c1-4-15(3)8-7-13-9-12-6-5-11(2)14-10-12/h5-6,10,13H,4,7-9H2,1-3H3. The van der Waals surface area contributed by atoms with Gasteiger partial charge in [-0.3, -0.25) is 4.98 Å². The van der Waals surface area contributed by atoms with Gasteiger partial charge in [0.25, 0.3) is 0 Å². The molecule has 0 saturated carbocycles. The highest BCUT2D eigenvalue weighted by Gasteiger charge is 1.95. The molecule has 0 spiro atoms. The molecule has 0 atom stereocenters. The van der Waals surface area contributed by atoms with Crippen LogP contribution in [0.3, 0.4) is 0 Å². The lowest BCUT2D eigenvalue weighted by Crippen LogP contribution is -2.28. The predicted molar refractivity (Wildman–Crippen MR) is 63.9 cm³/mol. The molecule has 0 radical (unpaired) electrons. The Labute approximate surface area is 92.5 Å². The molecule has 3 nitrogen and oxygen atoms in total. The minimum atomic E-state index is 0.908. The lowest BCUT2D eigenvalue weighted by Gasteiger charge is -2.13. The van der Waals surface area contributed by atoms with Gasteiger partial charge in [0.1, 0.15) is 0 Å². The van der Waals surface area contributed by atoms with Gasteiger partial charge in [-0.1, -0.05) is 13.0 Å². The van der Waals surface area contributed by atoms with Crippen LogP contribution in [0.4, 0.5) is 0 Å². The average molecular weight is 207 g/mol. The molecule has 1 aromatic rings. The Hall–Kier alpha value is -0.930. The number of hydrogen-bond acceptors (Lipinski definition) is 3. The Balaban J connectivity index is 2.17. The van der Waals surface area contributed by atoms with E-state index in [0.717, 1.165) is 31.9 Å². The summed E-state index contributed by atoms with van der Waals surface area (Å²) in [5.41, 5.74) is 2.32. The van der Waals surface area contributed by atoms with Crippen LogP contribution in [0.5, 0.6) is 0 Å². The Morgan fingerprint density at radius 3 is 2.80 bits per heavy atom. The van der Waals surface area contributed by atoms with Gasteiger partial charge in [0.2, 0.25) is 0 Å². The summed E-state index contributed by atoms with van der Waals surface area (Å²) in [5.74, 6) is 0. The minimum absolute atomic E-state index is 0.908. The first kappa shape index (κ1) is 12.1. The molecular weight excluding hydrogens is 186 g/mol. The Bertz CT molecular complexity index is 269. The average Bonchev–Trinajstić information content (AvgIpc) is 2.26. The van der Waals surface area contributed by atoms with Gasteiger partial charge in [-0.15, -0.1) is 0 Å². The maximum Gasteiger partial charge on any atom is 0.0372 e. The topological polar surface area (TPSA) is 28.2 Å². The van der Waals surface area contributed by atoms with Crippen molar-refractivity contribution in [1.82, 2.24) is 15.2 Å². The van der Waals surface area contributed by atoms with Gasteiger partial charge in [0, 0.05) is 31.5 Å². The van der Waals surface area contributed by atoms with E-state index in [2.05, 4.69) is 41.3 Å². The Morgan fingerprint density at radius 2 is 2.20 bits per heavy atom. The molecule has 1 heterocycles. The second kappa shape index (κ2) is 6.53. The molecule has 84 valence electrons. The van der Waals surface area contributed by atoms with Crippen molar-refractivity contribution < 1.29 is 0 Å². The molecule has 15 heavy (non-hydrogen) atoms. The first-order chi connectivity index (χ1) is 7.22. The van der Waals surface area contributed by atoms with Crippen LogP contribution in [0.25, 0.3) is 0 Å². The van der Waals surface area contributed by atoms with Crippen molar-refractivity contribution in [2.45, 2.75) is 20.4 Å². The fourth-order valence-electron chi connectivity index (χ4n) is 1.26. The van der Waals surface area contributed by atoms with Crippen LogP contribution in [0, 0.1) is 6.92 Å². The number of nitrogens with zero attached hydrogens (tertiary/aromatic N) is 2. The van der Waals surface area contributed by atoms with Crippen LogP contribution >= 0.6 is 0 Å². The molecule has 0 aliphatic rings. The Morgan fingerprint density at radius 1 is 1.40 bits per heavy atom. The number of rotatable bonds is 6. The van der Waals surface area contributed by atoms with E-state index in [4.69, 9.17) is 0 Å². The fraction of sp³-hybridized carbons (Fsp3) is 0.583. The molecular formula is C12H21N3. The maximum absolute atomic E-state index is 4.26. The van der Waals surface area contributed by atoms with Gasteiger partial charge in [0.15, 0.2) is 0 Å². The van der Waals surface area contributed by atoms with E-state index in [0.29, 0.717) is 0 Å². The van der Waals surface area contributed by atoms with Crippen LogP contribution in [-0.2, 0) is 6.54 Å². The van der Waals surface area contributed by atoms with Crippen molar-refractivity contribution in [1.29, 1.82) is 0 Å². The summed E-state index contributed by atoms with van der Waals surface area (Å²) in [6.07, 6.45) is 1.94. The molecule has 0 aliphatic carbocycles. The molecule has 1 N–H and O–H groups in total. The van der Waals surface area contributed by atoms with E-state index in [-0.39, 0.29) is 0 Å². The monoisotopic (exact) mass is 207 g/mol. The summed E-state index contributed by atoms with van der Waals surface area (Å²) in [6, 6.07) is 4.17. The zero-order valence-electron chi connectivity index (χ0n) is 9.95. The predicted octanol–water partition coefficient (Wildman–Crippen LogP) is 1.43. The van der Waals surface area contributed by atoms with E-state index < -0.39 is 0 Å². The first-order valence-electron chi connectivity index (χ1n) is 5.53. The number of pyridine rings is 1. The van der Waals surface area contributed by atoms with Crippen molar-refractivity contribution in [2.75, 3.05) is 26.7 Å². The third-order valence-corrected chi connectivity index (χ3v) is 2.51. The van der Waals surface area contributed by atoms with Crippen LogP contribution < -0.4 is 5.32 Å². The molecule has 3 heteroatoms. The van der Waals surface area contributed by atoms with Gasteiger partial charge >= 0.3 is 0 Å². The molecule has 0 aromatic carbocycles. The quantitative estimate of drug-likeness (QED) is 0.715. The lowest BCUT2D eigenvalue weighted by atomic mass is 10.2. The van der Waals surface area contributed by atoms with Crippen molar-refractivity contribution in [3.05, 3.63) is 29.6 Å². The van der Waals surface area contributed by atoms with Crippen LogP contribution in [-0.4, -0.2) is 36.6 Å². The third-order valence-electron chi connectivity index (χ3n) is 2.51. The molecule has 0 fully saturated rings. The van der Waals surface area contributed by atoms with Crippen LogP contribution in [0.2, 0.25) is 0 Å². The fourth-order valence-corrected chi connectivity index (χ4v) is 1.26. The number of hydrogen-bond donors (Lipinski definition) is 1. The Kier molecular flexibility index (Phi) is 5.29. The zero-order chi connectivity index (χ0) is 11.1. The van der Waals surface area contributed by atoms with Gasteiger partial charge in [-0.2, -0.15) is 0 Å². The normalized spacial score (nSPS) is 10.9. The maximum atomic E-state index is 4.26. The SMILES string of the molecule is CCN(C)CCNCc1ccc(C)nc1. The van der Waals surface area contributed by atoms with Crippen LogP contribution in [0.1, 0.15) is 18.2 Å². The molecule has 0 amide bonds. The van der Waals surface area contributed by atoms with Crippen molar-refractivity contribution in [3.63, 3.8) is 0 Å². The molecule has 0 bridgehead atoms. The molecule has 0 saturated heterocycles. The second-order valence-corrected chi connectivity index (χ2v) is 3.88. The third kappa shape index (κ3) is 4.91. The van der Waals surface area contributed by atoms with E-state index in [9.17, 15) is 0 Å². The number of likely N-dealkylation sites (N-methyl/N-ethyl adjacent to an activating group) is 1. The van der Waals surface area contributed by atoms with E-state index in [1.54, 1.807) is 0 Å². The summed E-state index contributed by atoms with van der Waals surface area (Å²) in [7, 11) is 2.13. The summed E-state index contributed by atoms with van der Waals surface area (Å²) in [4.78, 5) is 6.55. The smallest absolute Gasteiger partial charge is 0.0372 e. The highest BCUT2D eigenvalue weighted by molar-refractivity contribution is 5.12. The van der Waals surface area contributed by atoms with Gasteiger partial charge in [-0.25, -0.2) is 0 Å².